The highest BCUT2D eigenvalue weighted by Crippen LogP contribution is 2.37. The molecule has 2 aliphatic rings. The third-order valence-electron chi connectivity index (χ3n) is 5.07. The van der Waals surface area contributed by atoms with Crippen LogP contribution >= 0.6 is 12.2 Å². The molecule has 1 amide bonds. The lowest BCUT2D eigenvalue weighted by Gasteiger charge is -2.37. The number of thiocarbonyl (C=S) groups is 1. The number of allylic oxidation sites excluding steroid dienone is 4. The predicted molar refractivity (Wildman–Crippen MR) is 109 cm³/mol. The van der Waals surface area contributed by atoms with Gasteiger partial charge in [0, 0.05) is 11.3 Å². The summed E-state index contributed by atoms with van der Waals surface area (Å²) in [6.07, 6.45) is 9.39. The Morgan fingerprint density at radius 2 is 2.00 bits per heavy atom. The van der Waals surface area contributed by atoms with Crippen molar-refractivity contribution in [1.29, 1.82) is 0 Å². The van der Waals surface area contributed by atoms with E-state index in [0.717, 1.165) is 55.0 Å². The van der Waals surface area contributed by atoms with Crippen molar-refractivity contribution in [3.63, 3.8) is 0 Å². The molecule has 5 heteroatoms. The van der Waals surface area contributed by atoms with Crippen molar-refractivity contribution in [2.45, 2.75) is 25.7 Å². The lowest BCUT2D eigenvalue weighted by Crippen LogP contribution is -2.49. The molecule has 138 valence electrons. The molecule has 3 rings (SSSR count). The predicted octanol–water partition coefficient (Wildman–Crippen LogP) is 3.20. The van der Waals surface area contributed by atoms with E-state index in [1.165, 1.54) is 0 Å². The lowest BCUT2D eigenvalue weighted by molar-refractivity contribution is -0.132. The van der Waals surface area contributed by atoms with Crippen LogP contribution in [-0.4, -0.2) is 37.0 Å². The molecule has 1 fully saturated rings. The van der Waals surface area contributed by atoms with Crippen LogP contribution in [0.25, 0.3) is 0 Å². The number of nitrogens with one attached hydrogen (secondary N) is 2. The molecule has 4 nitrogen and oxygen atoms in total. The van der Waals surface area contributed by atoms with Crippen LogP contribution in [0.4, 0.5) is 0 Å². The van der Waals surface area contributed by atoms with Gasteiger partial charge in [-0.1, -0.05) is 48.6 Å². The first-order chi connectivity index (χ1) is 12.7. The fraction of sp³-hybridized carbons (Fsp3) is 0.429. The molecule has 0 unspecified atom stereocenters. The molecule has 2 N–H and O–H groups in total. The first kappa shape index (κ1) is 18.8. The van der Waals surface area contributed by atoms with E-state index in [4.69, 9.17) is 17.0 Å². The van der Waals surface area contributed by atoms with Gasteiger partial charge in [-0.25, -0.2) is 0 Å². The smallest absolute Gasteiger partial charge is 0.226 e. The molecule has 1 aliphatic heterocycles. The molecule has 0 aromatic heterocycles. The van der Waals surface area contributed by atoms with Crippen LogP contribution in [0.15, 0.2) is 54.1 Å². The van der Waals surface area contributed by atoms with Crippen molar-refractivity contribution in [3.8, 4) is 5.75 Å². The van der Waals surface area contributed by atoms with E-state index in [2.05, 4.69) is 22.8 Å². The Bertz CT molecular complexity index is 691. The molecule has 0 bridgehead atoms. The quantitative estimate of drug-likeness (QED) is 0.572. The minimum Gasteiger partial charge on any atom is -0.492 e. The summed E-state index contributed by atoms with van der Waals surface area (Å²) in [5.74, 6) is 0.941. The van der Waals surface area contributed by atoms with Crippen molar-refractivity contribution < 1.29 is 9.53 Å². The van der Waals surface area contributed by atoms with Gasteiger partial charge in [0.05, 0.1) is 12.0 Å². The molecular formula is C21H26N2O2S. The van der Waals surface area contributed by atoms with Crippen LogP contribution < -0.4 is 15.4 Å². The van der Waals surface area contributed by atoms with E-state index in [9.17, 15) is 4.79 Å². The Kier molecular flexibility index (Phi) is 6.58. The van der Waals surface area contributed by atoms with Crippen LogP contribution in [0.1, 0.15) is 25.7 Å². The highest BCUT2D eigenvalue weighted by atomic mass is 32.1. The zero-order valence-corrected chi connectivity index (χ0v) is 15.8. The minimum absolute atomic E-state index is 0.119. The molecule has 0 radical (unpaired) electrons. The van der Waals surface area contributed by atoms with Crippen LogP contribution in [0.5, 0.6) is 5.75 Å². The summed E-state index contributed by atoms with van der Waals surface area (Å²) in [7, 11) is 0. The van der Waals surface area contributed by atoms with Crippen molar-refractivity contribution in [2.24, 2.45) is 5.41 Å². The van der Waals surface area contributed by atoms with Crippen LogP contribution in [-0.2, 0) is 4.79 Å². The molecule has 0 spiro atoms. The normalized spacial score (nSPS) is 18.9. The summed E-state index contributed by atoms with van der Waals surface area (Å²) in [4.78, 5) is 14.0. The monoisotopic (exact) mass is 370 g/mol. The minimum atomic E-state index is -0.376. The Morgan fingerprint density at radius 3 is 2.73 bits per heavy atom. The number of piperidine rings is 1. The zero-order chi connectivity index (χ0) is 18.2. The average Bonchev–Trinajstić information content (AvgIpc) is 2.68. The molecule has 26 heavy (non-hydrogen) atoms. The maximum Gasteiger partial charge on any atom is 0.226 e. The van der Waals surface area contributed by atoms with E-state index in [1.807, 2.05) is 36.4 Å². The highest BCUT2D eigenvalue weighted by Gasteiger charge is 2.40. The second-order valence-electron chi connectivity index (χ2n) is 6.87. The van der Waals surface area contributed by atoms with Crippen LogP contribution in [0.2, 0.25) is 0 Å². The number of hydrogen-bond donors (Lipinski definition) is 2. The van der Waals surface area contributed by atoms with Gasteiger partial charge in [-0.3, -0.25) is 4.79 Å². The third kappa shape index (κ3) is 4.80. The summed E-state index contributed by atoms with van der Waals surface area (Å²) in [6, 6.07) is 9.66. The number of amides is 1. The van der Waals surface area contributed by atoms with Gasteiger partial charge >= 0.3 is 0 Å². The maximum absolute atomic E-state index is 13.0. The third-order valence-corrected chi connectivity index (χ3v) is 5.49. The number of hydrogen-bond acceptors (Lipinski definition) is 4. The maximum atomic E-state index is 13.0. The van der Waals surface area contributed by atoms with Crippen molar-refractivity contribution in [3.05, 3.63) is 54.1 Å². The van der Waals surface area contributed by atoms with Gasteiger partial charge in [0.15, 0.2) is 0 Å². The fourth-order valence-corrected chi connectivity index (χ4v) is 3.77. The number of carbonyl (C=O) groups excluding carboxylic acids is 1. The summed E-state index contributed by atoms with van der Waals surface area (Å²) in [5, 5.41) is 6.45. The topological polar surface area (TPSA) is 50.4 Å². The number of benzene rings is 1. The SMILES string of the molecule is O=C(NCCOc1ccccc1)C1(CC2=CC=CCC2=S)CCNCC1. The Balaban J connectivity index is 1.57. The van der Waals surface area contributed by atoms with Gasteiger partial charge in [0.1, 0.15) is 12.4 Å². The highest BCUT2D eigenvalue weighted by molar-refractivity contribution is 7.80. The lowest BCUT2D eigenvalue weighted by atomic mass is 9.72. The van der Waals surface area contributed by atoms with Gasteiger partial charge in [-0.2, -0.15) is 0 Å². The first-order valence-corrected chi connectivity index (χ1v) is 9.66. The summed E-state index contributed by atoms with van der Waals surface area (Å²) < 4.78 is 5.68. The largest absolute Gasteiger partial charge is 0.492 e. The van der Waals surface area contributed by atoms with Gasteiger partial charge in [-0.15, -0.1) is 0 Å². The Labute approximate surface area is 160 Å². The molecule has 1 aromatic rings. The van der Waals surface area contributed by atoms with Crippen molar-refractivity contribution in [2.75, 3.05) is 26.2 Å². The van der Waals surface area contributed by atoms with E-state index in [-0.39, 0.29) is 11.3 Å². The van der Waals surface area contributed by atoms with E-state index >= 15 is 0 Å². The number of carbonyl (C=O) groups is 1. The van der Waals surface area contributed by atoms with Crippen LogP contribution in [0, 0.1) is 5.41 Å². The average molecular weight is 371 g/mol. The van der Waals surface area contributed by atoms with Gasteiger partial charge in [-0.05, 0) is 50.1 Å². The van der Waals surface area contributed by atoms with Crippen LogP contribution in [0.3, 0.4) is 0 Å². The van der Waals surface area contributed by atoms with E-state index in [0.29, 0.717) is 13.2 Å². The molecule has 0 saturated carbocycles. The number of rotatable bonds is 7. The van der Waals surface area contributed by atoms with E-state index in [1.54, 1.807) is 0 Å². The molecular weight excluding hydrogens is 344 g/mol. The molecule has 0 atom stereocenters. The van der Waals surface area contributed by atoms with E-state index < -0.39 is 0 Å². The zero-order valence-electron chi connectivity index (χ0n) is 15.0. The van der Waals surface area contributed by atoms with Gasteiger partial charge < -0.3 is 15.4 Å². The van der Waals surface area contributed by atoms with Crippen molar-refractivity contribution >= 4 is 23.0 Å². The molecule has 1 aromatic carbocycles. The first-order valence-electron chi connectivity index (χ1n) is 9.25. The number of para-hydroxylation sites is 1. The van der Waals surface area contributed by atoms with Gasteiger partial charge in [0.25, 0.3) is 0 Å². The second kappa shape index (κ2) is 9.10. The second-order valence-corrected chi connectivity index (χ2v) is 7.36. The molecule has 1 saturated heterocycles. The standard InChI is InChI=1S/C21H26N2O2S/c24-20(23-14-15-25-18-7-2-1-3-8-18)21(10-12-22-13-11-21)16-17-6-4-5-9-19(17)26/h1-8,22H,9-16H2,(H,23,24). The fourth-order valence-electron chi connectivity index (χ4n) is 3.53. The summed E-state index contributed by atoms with van der Waals surface area (Å²) in [5.41, 5.74) is 0.763. The summed E-state index contributed by atoms with van der Waals surface area (Å²) in [6.45, 7) is 2.70. The number of ether oxygens (including phenoxy) is 1. The molecule has 1 aliphatic carbocycles. The Hall–Kier alpha value is -1.98. The van der Waals surface area contributed by atoms with Crippen molar-refractivity contribution in [1.82, 2.24) is 10.6 Å². The summed E-state index contributed by atoms with van der Waals surface area (Å²) >= 11 is 5.51. The Morgan fingerprint density at radius 1 is 1.23 bits per heavy atom. The van der Waals surface area contributed by atoms with Gasteiger partial charge in [0.2, 0.25) is 5.91 Å². The molecule has 1 heterocycles.